The highest BCUT2D eigenvalue weighted by Crippen LogP contribution is 2.45. The van der Waals surface area contributed by atoms with Gasteiger partial charge in [-0.25, -0.2) is 0 Å². The number of non-ortho nitro benzene ring substituents is 1. The summed E-state index contributed by atoms with van der Waals surface area (Å²) in [7, 11) is -2.13. The highest BCUT2D eigenvalue weighted by Gasteiger charge is 2.42. The summed E-state index contributed by atoms with van der Waals surface area (Å²) in [4.78, 5) is 22.7. The first-order chi connectivity index (χ1) is 12.4. The third kappa shape index (κ3) is 5.07. The van der Waals surface area contributed by atoms with E-state index in [1.165, 1.54) is 12.1 Å². The third-order valence-corrected chi connectivity index (χ3v) is 9.75. The lowest BCUT2D eigenvalue weighted by atomic mass is 9.97. The highest BCUT2D eigenvalue weighted by molar-refractivity contribution is 6.74. The van der Waals surface area contributed by atoms with Gasteiger partial charge in [0, 0.05) is 24.1 Å². The molecular weight excluding hydrogens is 366 g/mol. The van der Waals surface area contributed by atoms with E-state index in [2.05, 4.69) is 33.9 Å². The lowest BCUT2D eigenvalue weighted by Crippen LogP contribution is -2.43. The second-order valence-corrected chi connectivity index (χ2v) is 13.1. The van der Waals surface area contributed by atoms with Crippen molar-refractivity contribution in [3.63, 3.8) is 0 Å². The molecule has 0 fully saturated rings. The molecule has 2 rings (SSSR count). The van der Waals surface area contributed by atoms with Crippen LogP contribution in [0.25, 0.3) is 0 Å². The molecule has 0 saturated carbocycles. The number of nitro groups is 1. The Kier molecular flexibility index (Phi) is 6.31. The zero-order chi connectivity index (χ0) is 20.4. The largest absolute Gasteiger partial charge is 0.489 e. The van der Waals surface area contributed by atoms with Crippen molar-refractivity contribution < 1.29 is 23.6 Å². The molecule has 2 unspecified atom stereocenters. The summed E-state index contributed by atoms with van der Waals surface area (Å²) >= 11 is 0. The molecule has 1 aliphatic rings. The molecule has 0 amide bonds. The second-order valence-electron chi connectivity index (χ2n) is 8.33. The molecule has 2 atom stereocenters. The number of rotatable bonds is 6. The van der Waals surface area contributed by atoms with Crippen molar-refractivity contribution in [1.29, 1.82) is 0 Å². The van der Waals surface area contributed by atoms with Crippen molar-refractivity contribution >= 4 is 20.0 Å². The zero-order valence-corrected chi connectivity index (χ0v) is 17.9. The van der Waals surface area contributed by atoms with Gasteiger partial charge < -0.3 is 13.9 Å². The van der Waals surface area contributed by atoms with Crippen LogP contribution in [0.5, 0.6) is 5.75 Å². The number of carbonyl (C=O) groups is 1. The van der Waals surface area contributed by atoms with E-state index in [1.54, 1.807) is 13.0 Å². The van der Waals surface area contributed by atoms with E-state index in [-0.39, 0.29) is 35.3 Å². The fourth-order valence-corrected chi connectivity index (χ4v) is 4.06. The number of benzene rings is 1. The van der Waals surface area contributed by atoms with E-state index in [4.69, 9.17) is 13.9 Å². The van der Waals surface area contributed by atoms with Crippen molar-refractivity contribution in [2.24, 2.45) is 0 Å². The van der Waals surface area contributed by atoms with Gasteiger partial charge in [-0.2, -0.15) is 0 Å². The number of nitrogens with zero attached hydrogens (tertiary/aromatic N) is 1. The lowest BCUT2D eigenvalue weighted by Gasteiger charge is -2.42. The number of esters is 1. The van der Waals surface area contributed by atoms with Gasteiger partial charge in [-0.05, 0) is 31.1 Å². The topological polar surface area (TPSA) is 87.9 Å². The quantitative estimate of drug-likeness (QED) is 0.299. The maximum Gasteiger partial charge on any atom is 0.309 e. The molecule has 0 N–H and O–H groups in total. The number of ether oxygens (including phenoxy) is 2. The Morgan fingerprint density at radius 3 is 2.59 bits per heavy atom. The summed E-state index contributed by atoms with van der Waals surface area (Å²) in [6, 6.07) is 4.52. The van der Waals surface area contributed by atoms with Gasteiger partial charge >= 0.3 is 5.97 Å². The van der Waals surface area contributed by atoms with Crippen molar-refractivity contribution in [1.82, 2.24) is 0 Å². The zero-order valence-electron chi connectivity index (χ0n) is 16.9. The molecular formula is C19H29NO6Si. The molecule has 0 saturated heterocycles. The Morgan fingerprint density at radius 1 is 1.37 bits per heavy atom. The van der Waals surface area contributed by atoms with E-state index in [0.29, 0.717) is 24.3 Å². The average molecular weight is 396 g/mol. The molecule has 0 spiro atoms. The minimum atomic E-state index is -2.13. The van der Waals surface area contributed by atoms with Crippen LogP contribution in [0.1, 0.15) is 52.2 Å². The average Bonchev–Trinajstić information content (AvgIpc) is 2.53. The maximum atomic E-state index is 11.9. The van der Waals surface area contributed by atoms with Crippen LogP contribution in [0.2, 0.25) is 18.1 Å². The Hall–Kier alpha value is -1.93. The summed E-state index contributed by atoms with van der Waals surface area (Å²) in [5.41, 5.74) is 0.680. The van der Waals surface area contributed by atoms with Crippen LogP contribution < -0.4 is 4.74 Å². The molecule has 8 heteroatoms. The summed E-state index contributed by atoms with van der Waals surface area (Å²) in [6.45, 7) is 12.8. The monoisotopic (exact) mass is 395 g/mol. The van der Waals surface area contributed by atoms with Crippen LogP contribution in [0, 0.1) is 10.1 Å². The van der Waals surface area contributed by atoms with Gasteiger partial charge in [-0.15, -0.1) is 0 Å². The SMILES string of the molecule is CCOC(=O)CC1CC(O[Si](C)(C)C(C)(C)C)c2cc([N+](=O)[O-])ccc2O1. The Morgan fingerprint density at radius 2 is 2.04 bits per heavy atom. The lowest BCUT2D eigenvalue weighted by molar-refractivity contribution is -0.385. The number of fused-ring (bicyclic) bond motifs is 1. The molecule has 1 aliphatic heterocycles. The second kappa shape index (κ2) is 7.98. The Balaban J connectivity index is 2.35. The molecule has 27 heavy (non-hydrogen) atoms. The highest BCUT2D eigenvalue weighted by atomic mass is 28.4. The molecule has 0 aliphatic carbocycles. The van der Waals surface area contributed by atoms with Gasteiger partial charge in [0.05, 0.1) is 24.1 Å². The van der Waals surface area contributed by atoms with Gasteiger partial charge in [0.15, 0.2) is 8.32 Å². The van der Waals surface area contributed by atoms with Gasteiger partial charge in [0.1, 0.15) is 11.9 Å². The van der Waals surface area contributed by atoms with Crippen LogP contribution in [-0.4, -0.2) is 31.9 Å². The van der Waals surface area contributed by atoms with Crippen LogP contribution in [-0.2, 0) is 14.0 Å². The first-order valence-electron chi connectivity index (χ1n) is 9.23. The van der Waals surface area contributed by atoms with Gasteiger partial charge in [-0.3, -0.25) is 14.9 Å². The molecule has 1 heterocycles. The summed E-state index contributed by atoms with van der Waals surface area (Å²) in [5, 5.41) is 11.2. The first-order valence-corrected chi connectivity index (χ1v) is 12.1. The van der Waals surface area contributed by atoms with Gasteiger partial charge in [0.2, 0.25) is 0 Å². The number of carbonyl (C=O) groups excluding carboxylic acids is 1. The van der Waals surface area contributed by atoms with Gasteiger partial charge in [-0.1, -0.05) is 20.8 Å². The molecule has 150 valence electrons. The summed E-state index contributed by atoms with van der Waals surface area (Å²) in [5.74, 6) is 0.212. The van der Waals surface area contributed by atoms with Crippen molar-refractivity contribution in [2.45, 2.75) is 70.9 Å². The Bertz CT molecular complexity index is 713. The van der Waals surface area contributed by atoms with Crippen LogP contribution >= 0.6 is 0 Å². The van der Waals surface area contributed by atoms with Crippen LogP contribution in [0.4, 0.5) is 5.69 Å². The standard InChI is InChI=1S/C19H29NO6Si/c1-7-24-18(21)12-14-11-17(26-27(5,6)19(2,3)4)15-10-13(20(22)23)8-9-16(15)25-14/h8-10,14,17H,7,11-12H2,1-6H3. The third-order valence-electron chi connectivity index (χ3n) is 5.26. The first kappa shape index (κ1) is 21.4. The van der Waals surface area contributed by atoms with Crippen molar-refractivity contribution in [3.05, 3.63) is 33.9 Å². The van der Waals surface area contributed by atoms with E-state index < -0.39 is 13.2 Å². The smallest absolute Gasteiger partial charge is 0.309 e. The molecule has 0 radical (unpaired) electrons. The number of hydrogen-bond acceptors (Lipinski definition) is 6. The van der Waals surface area contributed by atoms with Crippen LogP contribution in [0.15, 0.2) is 18.2 Å². The molecule has 1 aromatic rings. The molecule has 1 aromatic carbocycles. The van der Waals surface area contributed by atoms with E-state index in [1.807, 2.05) is 0 Å². The number of nitro benzene ring substituents is 1. The van der Waals surface area contributed by atoms with Crippen molar-refractivity contribution in [3.8, 4) is 5.75 Å². The molecule has 0 bridgehead atoms. The maximum absolute atomic E-state index is 11.9. The fourth-order valence-electron chi connectivity index (χ4n) is 2.78. The van der Waals surface area contributed by atoms with E-state index in [9.17, 15) is 14.9 Å². The predicted molar refractivity (Wildman–Crippen MR) is 104 cm³/mol. The Labute approximate surface area is 161 Å². The molecule has 0 aromatic heterocycles. The normalized spacial score (nSPS) is 19.8. The summed E-state index contributed by atoms with van der Waals surface area (Å²) < 4.78 is 17.5. The minimum absolute atomic E-state index is 0.00465. The van der Waals surface area contributed by atoms with E-state index >= 15 is 0 Å². The minimum Gasteiger partial charge on any atom is -0.489 e. The predicted octanol–water partition coefficient (Wildman–Crippen LogP) is 4.76. The molecule has 7 nitrogen and oxygen atoms in total. The van der Waals surface area contributed by atoms with Crippen LogP contribution in [0.3, 0.4) is 0 Å². The van der Waals surface area contributed by atoms with Gasteiger partial charge in [0.25, 0.3) is 5.69 Å². The number of hydrogen-bond donors (Lipinski definition) is 0. The fraction of sp³-hybridized carbons (Fsp3) is 0.632. The summed E-state index contributed by atoms with van der Waals surface area (Å²) in [6.07, 6.45) is -0.150. The van der Waals surface area contributed by atoms with Crippen molar-refractivity contribution in [2.75, 3.05) is 6.61 Å². The van der Waals surface area contributed by atoms with E-state index in [0.717, 1.165) is 0 Å².